The lowest BCUT2D eigenvalue weighted by atomic mass is 10.0. The summed E-state index contributed by atoms with van der Waals surface area (Å²) in [6, 6.07) is 0.602. The predicted molar refractivity (Wildman–Crippen MR) is 50.6 cm³/mol. The second-order valence-electron chi connectivity index (χ2n) is 3.41. The SMILES string of the molecule is CCC(CN)CCNC(C)C. The number of rotatable bonds is 6. The summed E-state index contributed by atoms with van der Waals surface area (Å²) in [6.45, 7) is 8.48. The summed E-state index contributed by atoms with van der Waals surface area (Å²) >= 11 is 0. The van der Waals surface area contributed by atoms with Crippen LogP contribution in [0.2, 0.25) is 0 Å². The van der Waals surface area contributed by atoms with Crippen molar-refractivity contribution in [3.63, 3.8) is 0 Å². The molecule has 0 rings (SSSR count). The molecular formula is C9H22N2. The summed E-state index contributed by atoms with van der Waals surface area (Å²) < 4.78 is 0. The van der Waals surface area contributed by atoms with Gasteiger partial charge in [-0.2, -0.15) is 0 Å². The molecule has 0 aromatic heterocycles. The summed E-state index contributed by atoms with van der Waals surface area (Å²) in [5.41, 5.74) is 5.57. The van der Waals surface area contributed by atoms with Crippen molar-refractivity contribution >= 4 is 0 Å². The molecule has 11 heavy (non-hydrogen) atoms. The van der Waals surface area contributed by atoms with E-state index in [9.17, 15) is 0 Å². The van der Waals surface area contributed by atoms with Crippen LogP contribution in [0.1, 0.15) is 33.6 Å². The second-order valence-corrected chi connectivity index (χ2v) is 3.41. The van der Waals surface area contributed by atoms with E-state index >= 15 is 0 Å². The normalized spacial score (nSPS) is 13.9. The Labute approximate surface area is 70.5 Å². The van der Waals surface area contributed by atoms with Gasteiger partial charge in [0.2, 0.25) is 0 Å². The highest BCUT2D eigenvalue weighted by atomic mass is 14.9. The van der Waals surface area contributed by atoms with E-state index in [4.69, 9.17) is 5.73 Å². The Kier molecular flexibility index (Phi) is 6.57. The molecule has 0 aliphatic heterocycles. The first-order valence-corrected chi connectivity index (χ1v) is 4.64. The van der Waals surface area contributed by atoms with Gasteiger partial charge in [-0.1, -0.05) is 27.2 Å². The van der Waals surface area contributed by atoms with Crippen LogP contribution < -0.4 is 11.1 Å². The molecule has 0 fully saturated rings. The van der Waals surface area contributed by atoms with Gasteiger partial charge in [0.1, 0.15) is 0 Å². The summed E-state index contributed by atoms with van der Waals surface area (Å²) in [4.78, 5) is 0. The van der Waals surface area contributed by atoms with E-state index in [1.165, 1.54) is 12.8 Å². The van der Waals surface area contributed by atoms with Crippen molar-refractivity contribution in [1.29, 1.82) is 0 Å². The van der Waals surface area contributed by atoms with E-state index in [1.54, 1.807) is 0 Å². The fraction of sp³-hybridized carbons (Fsp3) is 1.00. The molecule has 0 radical (unpaired) electrons. The molecule has 0 bridgehead atoms. The van der Waals surface area contributed by atoms with E-state index < -0.39 is 0 Å². The Balaban J connectivity index is 3.21. The van der Waals surface area contributed by atoms with Crippen molar-refractivity contribution < 1.29 is 0 Å². The van der Waals surface area contributed by atoms with Crippen molar-refractivity contribution in [1.82, 2.24) is 5.32 Å². The van der Waals surface area contributed by atoms with Crippen LogP contribution in [0.25, 0.3) is 0 Å². The van der Waals surface area contributed by atoms with Gasteiger partial charge in [-0.25, -0.2) is 0 Å². The molecular weight excluding hydrogens is 136 g/mol. The second kappa shape index (κ2) is 6.62. The Morgan fingerprint density at radius 3 is 2.36 bits per heavy atom. The lowest BCUT2D eigenvalue weighted by molar-refractivity contribution is 0.445. The zero-order valence-electron chi connectivity index (χ0n) is 8.06. The van der Waals surface area contributed by atoms with E-state index in [-0.39, 0.29) is 0 Å². The molecule has 0 saturated heterocycles. The number of nitrogens with one attached hydrogen (secondary N) is 1. The maximum atomic E-state index is 5.57. The Morgan fingerprint density at radius 2 is 2.00 bits per heavy atom. The van der Waals surface area contributed by atoms with Gasteiger partial charge in [0.25, 0.3) is 0 Å². The summed E-state index contributed by atoms with van der Waals surface area (Å²) in [6.07, 6.45) is 2.42. The molecule has 68 valence electrons. The lowest BCUT2D eigenvalue weighted by Gasteiger charge is -2.13. The summed E-state index contributed by atoms with van der Waals surface area (Å²) in [5.74, 6) is 0.709. The van der Waals surface area contributed by atoms with Crippen LogP contribution in [0.3, 0.4) is 0 Å². The van der Waals surface area contributed by atoms with Gasteiger partial charge in [-0.3, -0.25) is 0 Å². The van der Waals surface area contributed by atoms with Crippen LogP contribution in [-0.2, 0) is 0 Å². The van der Waals surface area contributed by atoms with Crippen LogP contribution in [0.4, 0.5) is 0 Å². The first-order valence-electron chi connectivity index (χ1n) is 4.64. The fourth-order valence-corrected chi connectivity index (χ4v) is 1.06. The topological polar surface area (TPSA) is 38.0 Å². The van der Waals surface area contributed by atoms with Gasteiger partial charge >= 0.3 is 0 Å². The Bertz CT molecular complexity index is 77.6. The maximum absolute atomic E-state index is 5.57. The van der Waals surface area contributed by atoms with Crippen LogP contribution >= 0.6 is 0 Å². The highest BCUT2D eigenvalue weighted by molar-refractivity contribution is 4.61. The van der Waals surface area contributed by atoms with Gasteiger partial charge in [-0.15, -0.1) is 0 Å². The van der Waals surface area contributed by atoms with Gasteiger partial charge in [0.05, 0.1) is 0 Å². The third kappa shape index (κ3) is 6.32. The van der Waals surface area contributed by atoms with Crippen molar-refractivity contribution in [3.05, 3.63) is 0 Å². The molecule has 3 N–H and O–H groups in total. The van der Waals surface area contributed by atoms with E-state index in [0.717, 1.165) is 13.1 Å². The van der Waals surface area contributed by atoms with Crippen LogP contribution in [0.5, 0.6) is 0 Å². The first-order chi connectivity index (χ1) is 5.20. The molecule has 0 amide bonds. The van der Waals surface area contributed by atoms with E-state index in [2.05, 4.69) is 26.1 Å². The highest BCUT2D eigenvalue weighted by Gasteiger charge is 2.02. The van der Waals surface area contributed by atoms with Gasteiger partial charge in [0.15, 0.2) is 0 Å². The molecule has 0 aliphatic rings. The van der Waals surface area contributed by atoms with Crippen molar-refractivity contribution in [2.75, 3.05) is 13.1 Å². The molecule has 0 saturated carbocycles. The Hall–Kier alpha value is -0.0800. The van der Waals surface area contributed by atoms with Crippen LogP contribution in [0.15, 0.2) is 0 Å². The third-order valence-corrected chi connectivity index (χ3v) is 2.02. The van der Waals surface area contributed by atoms with Crippen molar-refractivity contribution in [3.8, 4) is 0 Å². The number of hydrogen-bond donors (Lipinski definition) is 2. The molecule has 0 spiro atoms. The minimum Gasteiger partial charge on any atom is -0.330 e. The average Bonchev–Trinajstić information content (AvgIpc) is 1.98. The van der Waals surface area contributed by atoms with Crippen molar-refractivity contribution in [2.24, 2.45) is 11.7 Å². The summed E-state index contributed by atoms with van der Waals surface area (Å²) in [5, 5.41) is 3.39. The molecule has 0 aliphatic carbocycles. The third-order valence-electron chi connectivity index (χ3n) is 2.02. The molecule has 1 unspecified atom stereocenters. The minimum absolute atomic E-state index is 0.602. The van der Waals surface area contributed by atoms with E-state index in [0.29, 0.717) is 12.0 Å². The zero-order valence-corrected chi connectivity index (χ0v) is 8.06. The van der Waals surface area contributed by atoms with Crippen molar-refractivity contribution in [2.45, 2.75) is 39.7 Å². The molecule has 2 nitrogen and oxygen atoms in total. The quantitative estimate of drug-likeness (QED) is 0.612. The van der Waals surface area contributed by atoms with Gasteiger partial charge in [0, 0.05) is 6.04 Å². The van der Waals surface area contributed by atoms with E-state index in [1.807, 2.05) is 0 Å². The average molecular weight is 158 g/mol. The highest BCUT2D eigenvalue weighted by Crippen LogP contribution is 2.04. The zero-order chi connectivity index (χ0) is 8.69. The molecule has 0 aromatic carbocycles. The number of hydrogen-bond acceptors (Lipinski definition) is 2. The Morgan fingerprint density at radius 1 is 1.36 bits per heavy atom. The van der Waals surface area contributed by atoms with Crippen LogP contribution in [0, 0.1) is 5.92 Å². The standard InChI is InChI=1S/C9H22N2/c1-4-9(7-10)5-6-11-8(2)3/h8-9,11H,4-7,10H2,1-3H3. The van der Waals surface area contributed by atoms with Crippen LogP contribution in [-0.4, -0.2) is 19.1 Å². The largest absolute Gasteiger partial charge is 0.330 e. The molecule has 0 heterocycles. The smallest absolute Gasteiger partial charge is 0.00103 e. The van der Waals surface area contributed by atoms with Gasteiger partial charge in [-0.05, 0) is 25.4 Å². The fourth-order valence-electron chi connectivity index (χ4n) is 1.06. The molecule has 1 atom stereocenters. The number of nitrogens with two attached hydrogens (primary N) is 1. The molecule has 2 heteroatoms. The minimum atomic E-state index is 0.602. The first kappa shape index (κ1) is 10.9. The predicted octanol–water partition coefficient (Wildman–Crippen LogP) is 1.36. The molecule has 0 aromatic rings. The van der Waals surface area contributed by atoms with Gasteiger partial charge < -0.3 is 11.1 Å². The maximum Gasteiger partial charge on any atom is 0.00103 e. The monoisotopic (exact) mass is 158 g/mol. The lowest BCUT2D eigenvalue weighted by Crippen LogP contribution is -2.27. The summed E-state index contributed by atoms with van der Waals surface area (Å²) in [7, 11) is 0.